The Morgan fingerprint density at radius 3 is 2.27 bits per heavy atom. The summed E-state index contributed by atoms with van der Waals surface area (Å²) in [7, 11) is 1.78. The number of piperidine rings is 2. The predicted octanol–water partition coefficient (Wildman–Crippen LogP) is 2.04. The third kappa shape index (κ3) is 4.87. The second-order valence-electron chi connectivity index (χ2n) is 8.47. The van der Waals surface area contributed by atoms with Crippen LogP contribution in [0.1, 0.15) is 57.9 Å². The Bertz CT molecular complexity index is 1060. The Hall–Kier alpha value is -3.75. The van der Waals surface area contributed by atoms with Crippen LogP contribution in [0.3, 0.4) is 0 Å². The molecule has 0 saturated carbocycles. The second-order valence-corrected chi connectivity index (χ2v) is 8.47. The lowest BCUT2D eigenvalue weighted by atomic mass is 9.91. The number of rotatable bonds is 5. The minimum absolute atomic E-state index is 0.0793. The summed E-state index contributed by atoms with van der Waals surface area (Å²) in [5.74, 6) is -1.18. The minimum Gasteiger partial charge on any atom is -0.478 e. The standard InChI is InChI=1S/C24H26N4O5/c1-27(23(31)15-2-4-16(5-3-15)24(32)33)18-10-12-28(13-11-18)20-8-6-17(14-25-20)19-7-9-21(29)26-22(19)30/h2-6,8,14,18-19H,7,9-13H2,1H3,(H,32,33)(H,26,29,30). The van der Waals surface area contributed by atoms with Crippen molar-refractivity contribution < 1.29 is 24.3 Å². The van der Waals surface area contributed by atoms with E-state index in [9.17, 15) is 19.2 Å². The van der Waals surface area contributed by atoms with Gasteiger partial charge in [0.2, 0.25) is 11.8 Å². The monoisotopic (exact) mass is 450 g/mol. The molecule has 172 valence electrons. The number of anilines is 1. The number of nitrogens with zero attached hydrogens (tertiary/aromatic N) is 3. The number of hydrogen-bond donors (Lipinski definition) is 2. The van der Waals surface area contributed by atoms with Crippen LogP contribution in [-0.4, -0.2) is 64.9 Å². The number of pyridine rings is 1. The molecular formula is C24H26N4O5. The summed E-state index contributed by atoms with van der Waals surface area (Å²) in [6, 6.07) is 9.85. The smallest absolute Gasteiger partial charge is 0.335 e. The quantitative estimate of drug-likeness (QED) is 0.669. The zero-order valence-corrected chi connectivity index (χ0v) is 18.4. The van der Waals surface area contributed by atoms with E-state index >= 15 is 0 Å². The number of carbonyl (C=O) groups is 4. The predicted molar refractivity (Wildman–Crippen MR) is 120 cm³/mol. The molecule has 2 aliphatic heterocycles. The molecule has 33 heavy (non-hydrogen) atoms. The van der Waals surface area contributed by atoms with E-state index in [1.165, 1.54) is 12.1 Å². The van der Waals surface area contributed by atoms with Crippen molar-refractivity contribution in [2.45, 2.75) is 37.6 Å². The maximum atomic E-state index is 12.8. The zero-order chi connectivity index (χ0) is 23.5. The lowest BCUT2D eigenvalue weighted by Gasteiger charge is -2.37. The van der Waals surface area contributed by atoms with Gasteiger partial charge in [-0.15, -0.1) is 0 Å². The number of benzene rings is 1. The first-order chi connectivity index (χ1) is 15.8. The maximum Gasteiger partial charge on any atom is 0.335 e. The van der Waals surface area contributed by atoms with Gasteiger partial charge in [-0.25, -0.2) is 9.78 Å². The Morgan fingerprint density at radius 2 is 1.70 bits per heavy atom. The Morgan fingerprint density at radius 1 is 1.03 bits per heavy atom. The van der Waals surface area contributed by atoms with Crippen LogP contribution in [0.4, 0.5) is 5.82 Å². The van der Waals surface area contributed by atoms with Gasteiger partial charge in [0, 0.05) is 44.4 Å². The van der Waals surface area contributed by atoms with Gasteiger partial charge >= 0.3 is 5.97 Å². The van der Waals surface area contributed by atoms with Crippen molar-refractivity contribution >= 4 is 29.5 Å². The first-order valence-corrected chi connectivity index (χ1v) is 11.0. The molecule has 2 aliphatic rings. The number of carboxylic acids is 1. The highest BCUT2D eigenvalue weighted by Gasteiger charge is 2.29. The largest absolute Gasteiger partial charge is 0.478 e. The summed E-state index contributed by atoms with van der Waals surface area (Å²) in [5, 5.41) is 11.4. The molecule has 3 amide bonds. The molecular weight excluding hydrogens is 424 g/mol. The highest BCUT2D eigenvalue weighted by atomic mass is 16.4. The van der Waals surface area contributed by atoms with E-state index in [4.69, 9.17) is 5.11 Å². The van der Waals surface area contributed by atoms with Gasteiger partial charge in [-0.05, 0) is 55.2 Å². The van der Waals surface area contributed by atoms with E-state index in [-0.39, 0.29) is 35.2 Å². The van der Waals surface area contributed by atoms with E-state index in [0.717, 1.165) is 37.3 Å². The van der Waals surface area contributed by atoms with Gasteiger partial charge in [-0.2, -0.15) is 0 Å². The summed E-state index contributed by atoms with van der Waals surface area (Å²) in [4.78, 5) is 55.6. The third-order valence-electron chi connectivity index (χ3n) is 6.45. The molecule has 2 fully saturated rings. The number of imide groups is 1. The summed E-state index contributed by atoms with van der Waals surface area (Å²) >= 11 is 0. The van der Waals surface area contributed by atoms with Crippen LogP contribution < -0.4 is 10.2 Å². The fourth-order valence-electron chi connectivity index (χ4n) is 4.41. The van der Waals surface area contributed by atoms with Gasteiger partial charge in [-0.1, -0.05) is 6.07 Å². The number of nitrogens with one attached hydrogen (secondary N) is 1. The lowest BCUT2D eigenvalue weighted by Crippen LogP contribution is -2.46. The molecule has 9 heteroatoms. The van der Waals surface area contributed by atoms with Crippen molar-refractivity contribution in [3.63, 3.8) is 0 Å². The van der Waals surface area contributed by atoms with Gasteiger partial charge in [0.25, 0.3) is 5.91 Å². The number of aromatic nitrogens is 1. The van der Waals surface area contributed by atoms with Gasteiger partial charge in [0.1, 0.15) is 5.82 Å². The molecule has 2 aromatic rings. The molecule has 4 rings (SSSR count). The fraction of sp³-hybridized carbons (Fsp3) is 0.375. The Kier molecular flexibility index (Phi) is 6.39. The maximum absolute atomic E-state index is 12.8. The lowest BCUT2D eigenvalue weighted by molar-refractivity contribution is -0.134. The second kappa shape index (κ2) is 9.40. The van der Waals surface area contributed by atoms with Gasteiger partial charge in [0.15, 0.2) is 0 Å². The molecule has 0 bridgehead atoms. The summed E-state index contributed by atoms with van der Waals surface area (Å²) in [6.07, 6.45) is 4.11. The van der Waals surface area contributed by atoms with Gasteiger partial charge < -0.3 is 14.9 Å². The number of hydrogen-bond acceptors (Lipinski definition) is 6. The molecule has 2 N–H and O–H groups in total. The molecule has 1 unspecified atom stereocenters. The summed E-state index contributed by atoms with van der Waals surface area (Å²) < 4.78 is 0. The van der Waals surface area contributed by atoms with Gasteiger partial charge in [0.05, 0.1) is 11.5 Å². The number of aromatic carboxylic acids is 1. The van der Waals surface area contributed by atoms with E-state index in [0.29, 0.717) is 18.4 Å². The normalized spacial score (nSPS) is 19.2. The molecule has 2 saturated heterocycles. The molecule has 1 aromatic carbocycles. The average molecular weight is 450 g/mol. The SMILES string of the molecule is CN(C(=O)c1ccc(C(=O)O)cc1)C1CCN(c2ccc(C3CCC(=O)NC3=O)cn2)CC1. The van der Waals surface area contributed by atoms with E-state index in [1.54, 1.807) is 30.3 Å². The van der Waals surface area contributed by atoms with Gasteiger partial charge in [-0.3, -0.25) is 19.7 Å². The van der Waals surface area contributed by atoms with E-state index in [1.807, 2.05) is 12.1 Å². The van der Waals surface area contributed by atoms with Crippen LogP contribution in [0.5, 0.6) is 0 Å². The van der Waals surface area contributed by atoms with Crippen molar-refractivity contribution in [2.24, 2.45) is 0 Å². The van der Waals surface area contributed by atoms with Crippen LogP contribution >= 0.6 is 0 Å². The number of carbonyl (C=O) groups excluding carboxylic acids is 3. The fourth-order valence-corrected chi connectivity index (χ4v) is 4.41. The molecule has 1 atom stereocenters. The average Bonchev–Trinajstić information content (AvgIpc) is 2.83. The van der Waals surface area contributed by atoms with Crippen LogP contribution in [0.2, 0.25) is 0 Å². The van der Waals surface area contributed by atoms with Crippen LogP contribution in [0, 0.1) is 0 Å². The molecule has 0 spiro atoms. The van der Waals surface area contributed by atoms with E-state index in [2.05, 4.69) is 15.2 Å². The first-order valence-electron chi connectivity index (χ1n) is 11.0. The topological polar surface area (TPSA) is 120 Å². The molecule has 0 aliphatic carbocycles. The highest BCUT2D eigenvalue weighted by Crippen LogP contribution is 2.27. The number of carboxylic acid groups (broad SMARTS) is 1. The highest BCUT2D eigenvalue weighted by molar-refractivity contribution is 6.01. The van der Waals surface area contributed by atoms with Crippen LogP contribution in [-0.2, 0) is 9.59 Å². The number of amides is 3. The molecule has 9 nitrogen and oxygen atoms in total. The summed E-state index contributed by atoms with van der Waals surface area (Å²) in [6.45, 7) is 1.48. The van der Waals surface area contributed by atoms with Crippen molar-refractivity contribution in [1.82, 2.24) is 15.2 Å². The zero-order valence-electron chi connectivity index (χ0n) is 18.4. The van der Waals surface area contributed by atoms with Crippen molar-refractivity contribution in [3.05, 3.63) is 59.3 Å². The van der Waals surface area contributed by atoms with Crippen LogP contribution in [0.25, 0.3) is 0 Å². The third-order valence-corrected chi connectivity index (χ3v) is 6.45. The van der Waals surface area contributed by atoms with E-state index < -0.39 is 5.97 Å². The van der Waals surface area contributed by atoms with Crippen molar-refractivity contribution in [3.8, 4) is 0 Å². The molecule has 0 radical (unpaired) electrons. The Labute approximate surface area is 191 Å². The Balaban J connectivity index is 1.33. The van der Waals surface area contributed by atoms with Crippen molar-refractivity contribution in [1.29, 1.82) is 0 Å². The molecule has 3 heterocycles. The van der Waals surface area contributed by atoms with Crippen LogP contribution in [0.15, 0.2) is 42.6 Å². The minimum atomic E-state index is -1.02. The summed E-state index contributed by atoms with van der Waals surface area (Å²) in [5.41, 5.74) is 1.42. The van der Waals surface area contributed by atoms with Crippen molar-refractivity contribution in [2.75, 3.05) is 25.0 Å². The molecule has 1 aromatic heterocycles. The first kappa shape index (κ1) is 22.4.